The van der Waals surface area contributed by atoms with Gasteiger partial charge in [-0.05, 0) is 24.3 Å². The van der Waals surface area contributed by atoms with E-state index in [1.807, 2.05) is 4.57 Å². The van der Waals surface area contributed by atoms with Crippen molar-refractivity contribution in [2.75, 3.05) is 0 Å². The van der Waals surface area contributed by atoms with Gasteiger partial charge >= 0.3 is 0 Å². The molecule has 3 atom stereocenters. The molecule has 0 radical (unpaired) electrons. The van der Waals surface area contributed by atoms with Crippen molar-refractivity contribution in [2.24, 2.45) is 11.8 Å². The summed E-state index contributed by atoms with van der Waals surface area (Å²) in [6.45, 7) is 4.44. The van der Waals surface area contributed by atoms with Crippen molar-refractivity contribution < 1.29 is 8.78 Å². The molecule has 1 fully saturated rings. The molecule has 0 bridgehead atoms. The van der Waals surface area contributed by atoms with Gasteiger partial charge in [-0.3, -0.25) is 0 Å². The summed E-state index contributed by atoms with van der Waals surface area (Å²) in [7, 11) is 0. The van der Waals surface area contributed by atoms with Crippen LogP contribution >= 0.6 is 11.6 Å². The van der Waals surface area contributed by atoms with Crippen LogP contribution in [0.15, 0.2) is 12.1 Å². The molecule has 0 N–H and O–H groups in total. The summed E-state index contributed by atoms with van der Waals surface area (Å²) in [4.78, 5) is 4.30. The summed E-state index contributed by atoms with van der Waals surface area (Å²) in [6.07, 6.45) is 3.32. The van der Waals surface area contributed by atoms with Crippen molar-refractivity contribution in [2.45, 2.75) is 45.0 Å². The van der Waals surface area contributed by atoms with E-state index in [2.05, 4.69) is 18.8 Å². The number of aromatic nitrogens is 2. The van der Waals surface area contributed by atoms with Gasteiger partial charge in [0.2, 0.25) is 0 Å². The number of halogens is 3. The smallest absolute Gasteiger partial charge is 0.153 e. The SMILES string of the molecule is CC1CCCC(n2c(CCl)nc3c(F)cc(F)cc32)C1C. The fourth-order valence-electron chi connectivity index (χ4n) is 3.55. The molecule has 0 saturated heterocycles. The van der Waals surface area contributed by atoms with Gasteiger partial charge in [0.25, 0.3) is 0 Å². The van der Waals surface area contributed by atoms with Crippen LogP contribution in [-0.2, 0) is 5.88 Å². The van der Waals surface area contributed by atoms with E-state index in [9.17, 15) is 8.78 Å². The zero-order chi connectivity index (χ0) is 15.1. The summed E-state index contributed by atoms with van der Waals surface area (Å²) in [5.74, 6) is 0.660. The first kappa shape index (κ1) is 14.8. The van der Waals surface area contributed by atoms with Crippen LogP contribution in [0.5, 0.6) is 0 Å². The third-order valence-corrected chi connectivity index (χ3v) is 5.14. The van der Waals surface area contributed by atoms with E-state index in [0.717, 1.165) is 18.9 Å². The third kappa shape index (κ3) is 2.44. The summed E-state index contributed by atoms with van der Waals surface area (Å²) in [5, 5.41) is 0. The minimum Gasteiger partial charge on any atom is -0.323 e. The number of fused-ring (bicyclic) bond motifs is 1. The average molecular weight is 313 g/mol. The Labute approximate surface area is 128 Å². The largest absolute Gasteiger partial charge is 0.323 e. The van der Waals surface area contributed by atoms with Crippen molar-refractivity contribution in [3.05, 3.63) is 29.6 Å². The molecule has 114 valence electrons. The normalized spacial score (nSPS) is 26.4. The van der Waals surface area contributed by atoms with Gasteiger partial charge in [0.1, 0.15) is 17.2 Å². The third-order valence-electron chi connectivity index (χ3n) is 4.90. The summed E-state index contributed by atoms with van der Waals surface area (Å²) in [5.41, 5.74) is 0.742. The molecule has 1 aromatic carbocycles. The molecule has 2 aromatic rings. The van der Waals surface area contributed by atoms with Crippen LogP contribution in [0.2, 0.25) is 0 Å². The molecule has 0 aliphatic heterocycles. The van der Waals surface area contributed by atoms with Crippen molar-refractivity contribution in [1.29, 1.82) is 0 Å². The number of rotatable bonds is 2. The van der Waals surface area contributed by atoms with Gasteiger partial charge in [-0.1, -0.05) is 26.7 Å². The molecule has 1 aliphatic rings. The van der Waals surface area contributed by atoms with Crippen molar-refractivity contribution >= 4 is 22.6 Å². The highest BCUT2D eigenvalue weighted by molar-refractivity contribution is 6.16. The molecular weight excluding hydrogens is 294 g/mol. The van der Waals surface area contributed by atoms with Crippen LogP contribution in [0.4, 0.5) is 8.78 Å². The molecule has 1 saturated carbocycles. The van der Waals surface area contributed by atoms with E-state index in [0.29, 0.717) is 23.2 Å². The standard InChI is InChI=1S/C16H19ClF2N2/c1-9-4-3-5-13(10(9)2)21-14-7-11(18)6-12(19)16(14)20-15(21)8-17/h6-7,9-10,13H,3-5,8H2,1-2H3. The molecule has 0 spiro atoms. The molecule has 0 amide bonds. The number of nitrogens with zero attached hydrogens (tertiary/aromatic N) is 2. The number of imidazole rings is 1. The highest BCUT2D eigenvalue weighted by Crippen LogP contribution is 2.40. The maximum Gasteiger partial charge on any atom is 0.153 e. The molecule has 21 heavy (non-hydrogen) atoms. The predicted molar refractivity (Wildman–Crippen MR) is 80.4 cm³/mol. The number of hydrogen-bond acceptors (Lipinski definition) is 1. The van der Waals surface area contributed by atoms with E-state index in [-0.39, 0.29) is 17.4 Å². The van der Waals surface area contributed by atoms with E-state index in [1.165, 1.54) is 12.5 Å². The Morgan fingerprint density at radius 1 is 1.29 bits per heavy atom. The maximum atomic E-state index is 14.0. The second kappa shape index (κ2) is 5.56. The molecule has 3 unspecified atom stereocenters. The Hall–Kier alpha value is -1.16. The van der Waals surface area contributed by atoms with Gasteiger partial charge in [0.15, 0.2) is 5.82 Å². The molecule has 1 heterocycles. The Morgan fingerprint density at radius 2 is 2.05 bits per heavy atom. The highest BCUT2D eigenvalue weighted by Gasteiger charge is 2.31. The van der Waals surface area contributed by atoms with Crippen LogP contribution in [0.25, 0.3) is 11.0 Å². The van der Waals surface area contributed by atoms with Crippen LogP contribution in [-0.4, -0.2) is 9.55 Å². The first-order valence-corrected chi connectivity index (χ1v) is 7.98. The van der Waals surface area contributed by atoms with E-state index in [1.54, 1.807) is 0 Å². The van der Waals surface area contributed by atoms with Crippen LogP contribution in [0, 0.1) is 23.5 Å². The Morgan fingerprint density at radius 3 is 2.76 bits per heavy atom. The average Bonchev–Trinajstić information content (AvgIpc) is 2.80. The second-order valence-corrected chi connectivity index (χ2v) is 6.39. The zero-order valence-corrected chi connectivity index (χ0v) is 13.0. The molecular formula is C16H19ClF2N2. The van der Waals surface area contributed by atoms with Gasteiger partial charge in [-0.25, -0.2) is 13.8 Å². The molecule has 3 rings (SSSR count). The summed E-state index contributed by atoms with van der Waals surface area (Å²) >= 11 is 6.00. The van der Waals surface area contributed by atoms with Gasteiger partial charge in [-0.15, -0.1) is 11.6 Å². The predicted octanol–water partition coefficient (Wildman–Crippen LogP) is 5.05. The van der Waals surface area contributed by atoms with Gasteiger partial charge < -0.3 is 4.57 Å². The topological polar surface area (TPSA) is 17.8 Å². The second-order valence-electron chi connectivity index (χ2n) is 6.12. The minimum absolute atomic E-state index is 0.202. The highest BCUT2D eigenvalue weighted by atomic mass is 35.5. The molecule has 2 nitrogen and oxygen atoms in total. The quantitative estimate of drug-likeness (QED) is 0.709. The minimum atomic E-state index is -0.619. The van der Waals surface area contributed by atoms with Gasteiger partial charge in [-0.2, -0.15) is 0 Å². The van der Waals surface area contributed by atoms with E-state index >= 15 is 0 Å². The Bertz CT molecular complexity index is 668. The van der Waals surface area contributed by atoms with E-state index < -0.39 is 11.6 Å². The number of alkyl halides is 1. The Balaban J connectivity index is 2.20. The first-order chi connectivity index (χ1) is 10.0. The fraction of sp³-hybridized carbons (Fsp3) is 0.562. The molecule has 1 aromatic heterocycles. The molecule has 1 aliphatic carbocycles. The van der Waals surface area contributed by atoms with Crippen molar-refractivity contribution in [3.63, 3.8) is 0 Å². The monoisotopic (exact) mass is 312 g/mol. The summed E-state index contributed by atoms with van der Waals surface area (Å²) in [6, 6.07) is 2.45. The lowest BCUT2D eigenvalue weighted by molar-refractivity contribution is 0.187. The number of benzene rings is 1. The van der Waals surface area contributed by atoms with Gasteiger partial charge in [0, 0.05) is 12.1 Å². The lowest BCUT2D eigenvalue weighted by Crippen LogP contribution is -2.28. The van der Waals surface area contributed by atoms with E-state index in [4.69, 9.17) is 11.6 Å². The zero-order valence-electron chi connectivity index (χ0n) is 12.2. The Kier molecular flexibility index (Phi) is 3.91. The molecule has 5 heteroatoms. The summed E-state index contributed by atoms with van der Waals surface area (Å²) < 4.78 is 29.5. The van der Waals surface area contributed by atoms with Crippen LogP contribution in [0.1, 0.15) is 45.0 Å². The van der Waals surface area contributed by atoms with Crippen LogP contribution < -0.4 is 0 Å². The maximum absolute atomic E-state index is 14.0. The van der Waals surface area contributed by atoms with Crippen molar-refractivity contribution in [1.82, 2.24) is 9.55 Å². The van der Waals surface area contributed by atoms with Crippen LogP contribution in [0.3, 0.4) is 0 Å². The fourth-order valence-corrected chi connectivity index (χ4v) is 3.74. The number of hydrogen-bond donors (Lipinski definition) is 0. The lowest BCUT2D eigenvalue weighted by Gasteiger charge is -2.36. The van der Waals surface area contributed by atoms with Gasteiger partial charge in [0.05, 0.1) is 11.4 Å². The van der Waals surface area contributed by atoms with Crippen molar-refractivity contribution in [3.8, 4) is 0 Å². The lowest BCUT2D eigenvalue weighted by atomic mass is 9.78. The first-order valence-electron chi connectivity index (χ1n) is 7.44.